The van der Waals surface area contributed by atoms with Gasteiger partial charge in [0.05, 0.1) is 16.6 Å². The molecule has 1 atom stereocenters. The number of pyridine rings is 1. The molecule has 11 heteroatoms. The van der Waals surface area contributed by atoms with Crippen molar-refractivity contribution in [1.29, 1.82) is 0 Å². The van der Waals surface area contributed by atoms with Crippen LogP contribution in [0.4, 0.5) is 11.5 Å². The lowest BCUT2D eigenvalue weighted by Gasteiger charge is -2.35. The van der Waals surface area contributed by atoms with Gasteiger partial charge < -0.3 is 15.1 Å². The Hall–Kier alpha value is -3.60. The molecule has 0 bridgehead atoms. The van der Waals surface area contributed by atoms with E-state index >= 15 is 0 Å². The molecule has 168 valence electrons. The number of anilines is 2. The summed E-state index contributed by atoms with van der Waals surface area (Å²) in [7, 11) is 0. The molecule has 0 amide bonds. The van der Waals surface area contributed by atoms with Gasteiger partial charge in [-0.2, -0.15) is 0 Å². The van der Waals surface area contributed by atoms with Crippen molar-refractivity contribution in [2.24, 2.45) is 5.34 Å². The van der Waals surface area contributed by atoms with Crippen LogP contribution in [-0.2, 0) is 4.84 Å². The standard InChI is InChI=1S/C21H26N8O3/c1-4-27(5-2)16-12-29(17-10-15(6-7-23-17)21(30)32-26-31)20-18(16)19(24-13-25-20)28-9-8-22-11-14(28)3/h6-7,10,12-14,22H,4-5,8-9,11H2,1-3H3/t14-/m0/s1. The molecule has 3 aromatic rings. The van der Waals surface area contributed by atoms with E-state index in [1.807, 2.05) is 10.8 Å². The molecule has 0 spiro atoms. The fourth-order valence-electron chi connectivity index (χ4n) is 4.14. The zero-order valence-electron chi connectivity index (χ0n) is 18.4. The quantitative estimate of drug-likeness (QED) is 0.438. The lowest BCUT2D eigenvalue weighted by atomic mass is 10.2. The molecule has 1 saturated heterocycles. The monoisotopic (exact) mass is 438 g/mol. The summed E-state index contributed by atoms with van der Waals surface area (Å²) in [5.41, 5.74) is 1.86. The Balaban J connectivity index is 1.92. The molecule has 0 unspecified atom stereocenters. The zero-order chi connectivity index (χ0) is 22.7. The van der Waals surface area contributed by atoms with Crippen LogP contribution < -0.4 is 15.1 Å². The molecule has 1 N–H and O–H groups in total. The van der Waals surface area contributed by atoms with Gasteiger partial charge in [-0.1, -0.05) is 0 Å². The third-order valence-electron chi connectivity index (χ3n) is 5.77. The van der Waals surface area contributed by atoms with Gasteiger partial charge >= 0.3 is 5.97 Å². The maximum atomic E-state index is 12.0. The number of carbonyl (C=O) groups is 1. The molecule has 0 saturated carbocycles. The van der Waals surface area contributed by atoms with Crippen LogP contribution in [0.25, 0.3) is 16.9 Å². The molecular formula is C21H26N8O3. The smallest absolute Gasteiger partial charge is 0.369 e. The second-order valence-electron chi connectivity index (χ2n) is 7.56. The minimum atomic E-state index is -0.839. The molecule has 0 aromatic carbocycles. The van der Waals surface area contributed by atoms with Gasteiger partial charge in [-0.15, -0.1) is 4.91 Å². The molecule has 1 fully saturated rings. The molecule has 1 aliphatic rings. The van der Waals surface area contributed by atoms with Gasteiger partial charge in [0.2, 0.25) is 0 Å². The van der Waals surface area contributed by atoms with Crippen LogP contribution in [0.1, 0.15) is 31.1 Å². The van der Waals surface area contributed by atoms with Crippen molar-refractivity contribution in [3.8, 4) is 5.82 Å². The van der Waals surface area contributed by atoms with Gasteiger partial charge in [-0.3, -0.25) is 9.40 Å². The van der Waals surface area contributed by atoms with E-state index in [1.165, 1.54) is 12.3 Å². The van der Waals surface area contributed by atoms with Crippen molar-refractivity contribution in [2.75, 3.05) is 42.5 Å². The lowest BCUT2D eigenvalue weighted by Crippen LogP contribution is -2.50. The second kappa shape index (κ2) is 9.27. The van der Waals surface area contributed by atoms with Crippen LogP contribution in [0.5, 0.6) is 0 Å². The summed E-state index contributed by atoms with van der Waals surface area (Å²) in [6.45, 7) is 10.6. The van der Waals surface area contributed by atoms with Crippen LogP contribution in [-0.4, -0.2) is 64.3 Å². The number of piperazine rings is 1. The van der Waals surface area contributed by atoms with E-state index in [9.17, 15) is 9.70 Å². The Morgan fingerprint density at radius 2 is 2.12 bits per heavy atom. The zero-order valence-corrected chi connectivity index (χ0v) is 18.4. The molecule has 1 aliphatic heterocycles. The van der Waals surface area contributed by atoms with Gasteiger partial charge in [-0.25, -0.2) is 19.7 Å². The third-order valence-corrected chi connectivity index (χ3v) is 5.77. The third kappa shape index (κ3) is 3.86. The highest BCUT2D eigenvalue weighted by atomic mass is 16.7. The topological polar surface area (TPSA) is 118 Å². The van der Waals surface area contributed by atoms with Crippen molar-refractivity contribution < 1.29 is 9.63 Å². The lowest BCUT2D eigenvalue weighted by molar-refractivity contribution is 0.0508. The van der Waals surface area contributed by atoms with Gasteiger partial charge in [0.15, 0.2) is 11.0 Å². The average Bonchev–Trinajstić information content (AvgIpc) is 3.20. The van der Waals surface area contributed by atoms with E-state index in [4.69, 9.17) is 0 Å². The Labute approximate surface area is 185 Å². The van der Waals surface area contributed by atoms with Crippen LogP contribution in [0.3, 0.4) is 0 Å². The molecule has 0 radical (unpaired) electrons. The summed E-state index contributed by atoms with van der Waals surface area (Å²) in [6, 6.07) is 3.30. The van der Waals surface area contributed by atoms with Gasteiger partial charge in [0.25, 0.3) is 0 Å². The Kier molecular flexibility index (Phi) is 6.26. The largest absolute Gasteiger partial charge is 0.370 e. The van der Waals surface area contributed by atoms with Crippen LogP contribution in [0, 0.1) is 4.91 Å². The van der Waals surface area contributed by atoms with E-state index in [-0.39, 0.29) is 11.6 Å². The summed E-state index contributed by atoms with van der Waals surface area (Å²) in [5.74, 6) is 0.520. The number of hydrogen-bond donors (Lipinski definition) is 1. The summed E-state index contributed by atoms with van der Waals surface area (Å²) < 4.78 is 1.84. The maximum absolute atomic E-state index is 12.0. The van der Waals surface area contributed by atoms with Crippen molar-refractivity contribution >= 4 is 28.5 Å². The van der Waals surface area contributed by atoms with Crippen molar-refractivity contribution in [2.45, 2.75) is 26.8 Å². The molecule has 4 rings (SSSR count). The Bertz CT molecular complexity index is 1130. The second-order valence-corrected chi connectivity index (χ2v) is 7.56. The highest BCUT2D eigenvalue weighted by Gasteiger charge is 2.26. The van der Waals surface area contributed by atoms with Crippen LogP contribution in [0.2, 0.25) is 0 Å². The maximum Gasteiger partial charge on any atom is 0.369 e. The SMILES string of the molecule is CCN(CC)c1cn(-c2cc(C(=O)ON=O)ccn2)c2ncnc(N3CCNC[C@@H]3C)c12. The number of nitrogens with one attached hydrogen (secondary N) is 1. The van der Waals surface area contributed by atoms with Gasteiger partial charge in [0, 0.05) is 51.2 Å². The molecule has 11 nitrogen and oxygen atoms in total. The first-order valence-electron chi connectivity index (χ1n) is 10.7. The average molecular weight is 438 g/mol. The van der Waals surface area contributed by atoms with Crippen molar-refractivity contribution in [3.05, 3.63) is 41.3 Å². The number of nitrogens with zero attached hydrogens (tertiary/aromatic N) is 7. The highest BCUT2D eigenvalue weighted by molar-refractivity contribution is 6.01. The summed E-state index contributed by atoms with van der Waals surface area (Å²) in [4.78, 5) is 44.8. The van der Waals surface area contributed by atoms with Crippen molar-refractivity contribution in [3.63, 3.8) is 0 Å². The molecule has 4 heterocycles. The molecular weight excluding hydrogens is 412 g/mol. The van der Waals surface area contributed by atoms with E-state index < -0.39 is 5.97 Å². The van der Waals surface area contributed by atoms with Crippen molar-refractivity contribution in [1.82, 2.24) is 24.8 Å². The number of aromatic nitrogens is 4. The number of hydrogen-bond acceptors (Lipinski definition) is 10. The first-order chi connectivity index (χ1) is 15.6. The first-order valence-corrected chi connectivity index (χ1v) is 10.7. The molecule has 0 aliphatic carbocycles. The predicted molar refractivity (Wildman–Crippen MR) is 121 cm³/mol. The first kappa shape index (κ1) is 21.6. The Morgan fingerprint density at radius 1 is 1.31 bits per heavy atom. The van der Waals surface area contributed by atoms with E-state index in [2.05, 4.69) is 61.0 Å². The summed E-state index contributed by atoms with van der Waals surface area (Å²) in [5, 5.41) is 6.57. The summed E-state index contributed by atoms with van der Waals surface area (Å²) in [6.07, 6.45) is 5.02. The van der Waals surface area contributed by atoms with E-state index in [0.29, 0.717) is 11.5 Å². The predicted octanol–water partition coefficient (Wildman–Crippen LogP) is 2.30. The van der Waals surface area contributed by atoms with E-state index in [0.717, 1.165) is 49.6 Å². The highest BCUT2D eigenvalue weighted by Crippen LogP contribution is 2.36. The van der Waals surface area contributed by atoms with Gasteiger partial charge in [-0.05, 0) is 32.9 Å². The molecule has 3 aromatic heterocycles. The fraction of sp³-hybridized carbons (Fsp3) is 0.429. The van der Waals surface area contributed by atoms with Gasteiger partial charge in [0.1, 0.15) is 18.0 Å². The van der Waals surface area contributed by atoms with Crippen LogP contribution in [0.15, 0.2) is 36.2 Å². The molecule has 32 heavy (non-hydrogen) atoms. The van der Waals surface area contributed by atoms with Crippen LogP contribution >= 0.6 is 0 Å². The fourth-order valence-corrected chi connectivity index (χ4v) is 4.14. The number of carbonyl (C=O) groups excluding carboxylic acids is 1. The summed E-state index contributed by atoms with van der Waals surface area (Å²) >= 11 is 0. The number of fused-ring (bicyclic) bond motifs is 1. The number of rotatable bonds is 7. The van der Waals surface area contributed by atoms with E-state index in [1.54, 1.807) is 12.4 Å². The Morgan fingerprint density at radius 3 is 2.84 bits per heavy atom. The normalized spacial score (nSPS) is 16.2. The minimum absolute atomic E-state index is 0.172. The minimum Gasteiger partial charge on any atom is -0.370 e.